The second-order valence-electron chi connectivity index (χ2n) is 3.86. The molecule has 2 heteroatoms. The molecular weight excluding hydrogens is 276 g/mol. The molecule has 17 heavy (non-hydrogen) atoms. The maximum atomic E-state index is 9.61. The zero-order valence-corrected chi connectivity index (χ0v) is 12.1. The van der Waals surface area contributed by atoms with Crippen molar-refractivity contribution in [3.63, 3.8) is 0 Å². The SMILES string of the molecule is CCCCC/C=C\CC(O)/C=C/C=C/C=C\Br. The van der Waals surface area contributed by atoms with Crippen molar-refractivity contribution in [2.24, 2.45) is 0 Å². The van der Waals surface area contributed by atoms with E-state index in [0.717, 1.165) is 6.42 Å². The van der Waals surface area contributed by atoms with Crippen LogP contribution < -0.4 is 0 Å². The Morgan fingerprint density at radius 3 is 2.53 bits per heavy atom. The molecule has 0 aromatic heterocycles. The summed E-state index contributed by atoms with van der Waals surface area (Å²) in [5.41, 5.74) is 0. The van der Waals surface area contributed by atoms with Crippen molar-refractivity contribution >= 4 is 15.9 Å². The number of rotatable bonds is 9. The number of hydrogen-bond donors (Lipinski definition) is 1. The zero-order valence-electron chi connectivity index (χ0n) is 10.6. The molecule has 0 fully saturated rings. The first-order chi connectivity index (χ1) is 8.31. The Morgan fingerprint density at radius 1 is 1.06 bits per heavy atom. The summed E-state index contributed by atoms with van der Waals surface area (Å²) < 4.78 is 0. The summed E-state index contributed by atoms with van der Waals surface area (Å²) in [6, 6.07) is 0. The first kappa shape index (κ1) is 16.4. The molecule has 0 amide bonds. The lowest BCUT2D eigenvalue weighted by molar-refractivity contribution is 0.227. The standard InChI is InChI=1S/C15H23BrO/c1-2-3-4-5-6-9-12-15(17)13-10-7-8-11-14-16/h6-11,13-15,17H,2-5,12H2,1H3/b8-7+,9-6-,13-10+,14-11-. The number of aliphatic hydroxyl groups is 1. The smallest absolute Gasteiger partial charge is 0.0758 e. The molecule has 1 N–H and O–H groups in total. The minimum Gasteiger partial charge on any atom is -0.389 e. The largest absolute Gasteiger partial charge is 0.389 e. The maximum Gasteiger partial charge on any atom is 0.0758 e. The van der Waals surface area contributed by atoms with Gasteiger partial charge in [0, 0.05) is 0 Å². The van der Waals surface area contributed by atoms with Crippen LogP contribution >= 0.6 is 15.9 Å². The molecule has 96 valence electrons. The first-order valence-electron chi connectivity index (χ1n) is 6.24. The third-order valence-corrected chi connectivity index (χ3v) is 2.56. The average Bonchev–Trinajstić information content (AvgIpc) is 2.33. The number of unbranched alkanes of at least 4 members (excludes halogenated alkanes) is 3. The highest BCUT2D eigenvalue weighted by Gasteiger charge is 1.92. The molecule has 1 atom stereocenters. The fourth-order valence-corrected chi connectivity index (χ4v) is 1.48. The van der Waals surface area contributed by atoms with Gasteiger partial charge in [-0.25, -0.2) is 0 Å². The molecule has 0 aliphatic rings. The van der Waals surface area contributed by atoms with Crippen molar-refractivity contribution in [2.45, 2.75) is 45.1 Å². The van der Waals surface area contributed by atoms with E-state index in [9.17, 15) is 5.11 Å². The maximum absolute atomic E-state index is 9.61. The molecule has 0 rings (SSSR count). The Labute approximate surface area is 114 Å². The van der Waals surface area contributed by atoms with Gasteiger partial charge in [-0.15, -0.1) is 0 Å². The summed E-state index contributed by atoms with van der Waals surface area (Å²) in [6.45, 7) is 2.20. The van der Waals surface area contributed by atoms with Crippen molar-refractivity contribution < 1.29 is 5.11 Å². The Balaban J connectivity index is 3.60. The highest BCUT2D eigenvalue weighted by atomic mass is 79.9. The molecule has 0 radical (unpaired) electrons. The molecule has 0 saturated carbocycles. The van der Waals surface area contributed by atoms with E-state index in [0.29, 0.717) is 6.42 Å². The highest BCUT2D eigenvalue weighted by Crippen LogP contribution is 2.02. The van der Waals surface area contributed by atoms with Crippen molar-refractivity contribution in [1.29, 1.82) is 0 Å². The summed E-state index contributed by atoms with van der Waals surface area (Å²) in [5.74, 6) is 0. The van der Waals surface area contributed by atoms with Crippen LogP contribution in [0.25, 0.3) is 0 Å². The van der Waals surface area contributed by atoms with Crippen molar-refractivity contribution in [3.05, 3.63) is 47.5 Å². The van der Waals surface area contributed by atoms with Gasteiger partial charge in [0.05, 0.1) is 6.10 Å². The summed E-state index contributed by atoms with van der Waals surface area (Å²) in [4.78, 5) is 1.78. The van der Waals surface area contributed by atoms with E-state index in [1.165, 1.54) is 19.3 Å². The topological polar surface area (TPSA) is 20.2 Å². The second-order valence-corrected chi connectivity index (χ2v) is 4.39. The lowest BCUT2D eigenvalue weighted by Crippen LogP contribution is -1.98. The van der Waals surface area contributed by atoms with Gasteiger partial charge in [0.1, 0.15) is 0 Å². The van der Waals surface area contributed by atoms with Crippen LogP contribution in [0.15, 0.2) is 47.5 Å². The molecule has 0 aliphatic heterocycles. The van der Waals surface area contributed by atoms with E-state index >= 15 is 0 Å². The van der Waals surface area contributed by atoms with Crippen LogP contribution in [0.1, 0.15) is 39.0 Å². The first-order valence-corrected chi connectivity index (χ1v) is 7.16. The predicted molar refractivity (Wildman–Crippen MR) is 80.3 cm³/mol. The summed E-state index contributed by atoms with van der Waals surface area (Å²) in [7, 11) is 0. The van der Waals surface area contributed by atoms with Gasteiger partial charge in [-0.1, -0.05) is 78.2 Å². The molecular formula is C15H23BrO. The average molecular weight is 299 g/mol. The minimum absolute atomic E-state index is 0.380. The van der Waals surface area contributed by atoms with Crippen molar-refractivity contribution in [2.75, 3.05) is 0 Å². The van der Waals surface area contributed by atoms with Crippen LogP contribution in [0.3, 0.4) is 0 Å². The van der Waals surface area contributed by atoms with Crippen LogP contribution in [0, 0.1) is 0 Å². The van der Waals surface area contributed by atoms with Gasteiger partial charge in [-0.05, 0) is 24.2 Å². The number of halogens is 1. The predicted octanol–water partition coefficient (Wildman–Crippen LogP) is 4.89. The quantitative estimate of drug-likeness (QED) is 0.365. The fraction of sp³-hybridized carbons (Fsp3) is 0.467. The lowest BCUT2D eigenvalue weighted by Gasteiger charge is -1.99. The summed E-state index contributed by atoms with van der Waals surface area (Å²) >= 11 is 3.18. The van der Waals surface area contributed by atoms with Crippen molar-refractivity contribution in [1.82, 2.24) is 0 Å². The minimum atomic E-state index is -0.380. The van der Waals surface area contributed by atoms with Gasteiger partial charge in [0.2, 0.25) is 0 Å². The van der Waals surface area contributed by atoms with Gasteiger partial charge >= 0.3 is 0 Å². The Bertz CT molecular complexity index is 264. The van der Waals surface area contributed by atoms with E-state index in [4.69, 9.17) is 0 Å². The molecule has 0 heterocycles. The van der Waals surface area contributed by atoms with E-state index in [1.54, 1.807) is 11.1 Å². The van der Waals surface area contributed by atoms with Gasteiger partial charge in [-0.3, -0.25) is 0 Å². The number of hydrogen-bond acceptors (Lipinski definition) is 1. The zero-order chi connectivity index (χ0) is 12.8. The molecule has 1 unspecified atom stereocenters. The summed E-state index contributed by atoms with van der Waals surface area (Å²) in [6.07, 6.45) is 18.8. The van der Waals surface area contributed by atoms with Gasteiger partial charge in [-0.2, -0.15) is 0 Å². The normalized spacial score (nSPS) is 14.8. The van der Waals surface area contributed by atoms with E-state index in [-0.39, 0.29) is 6.10 Å². The third-order valence-electron chi connectivity index (χ3n) is 2.26. The van der Waals surface area contributed by atoms with Crippen LogP contribution in [0.4, 0.5) is 0 Å². The van der Waals surface area contributed by atoms with E-state index in [2.05, 4.69) is 35.0 Å². The van der Waals surface area contributed by atoms with Crippen molar-refractivity contribution in [3.8, 4) is 0 Å². The van der Waals surface area contributed by atoms with E-state index in [1.807, 2.05) is 24.3 Å². The van der Waals surface area contributed by atoms with Gasteiger partial charge in [0.25, 0.3) is 0 Å². The molecule has 0 aliphatic carbocycles. The van der Waals surface area contributed by atoms with Gasteiger partial charge < -0.3 is 5.11 Å². The fourth-order valence-electron chi connectivity index (χ4n) is 1.31. The lowest BCUT2D eigenvalue weighted by atomic mass is 10.1. The Hall–Kier alpha value is -0.600. The molecule has 0 bridgehead atoms. The number of aliphatic hydroxyl groups excluding tert-OH is 1. The Kier molecular flexibility index (Phi) is 13.0. The molecule has 0 aromatic carbocycles. The number of allylic oxidation sites excluding steroid dienone is 5. The van der Waals surface area contributed by atoms with Crippen LogP contribution in [-0.4, -0.2) is 11.2 Å². The second kappa shape index (κ2) is 13.5. The molecule has 0 saturated heterocycles. The third kappa shape index (κ3) is 13.3. The summed E-state index contributed by atoms with van der Waals surface area (Å²) in [5, 5.41) is 9.61. The molecule has 0 aromatic rings. The molecule has 1 nitrogen and oxygen atoms in total. The monoisotopic (exact) mass is 298 g/mol. The van der Waals surface area contributed by atoms with E-state index < -0.39 is 0 Å². The highest BCUT2D eigenvalue weighted by molar-refractivity contribution is 9.11. The van der Waals surface area contributed by atoms with Crippen LogP contribution in [-0.2, 0) is 0 Å². The molecule has 0 spiro atoms. The van der Waals surface area contributed by atoms with Gasteiger partial charge in [0.15, 0.2) is 0 Å². The van der Waals surface area contributed by atoms with Crippen LogP contribution in [0.5, 0.6) is 0 Å². The van der Waals surface area contributed by atoms with Crippen LogP contribution in [0.2, 0.25) is 0 Å². The Morgan fingerprint density at radius 2 is 1.82 bits per heavy atom.